The Hall–Kier alpha value is -1.89. The van der Waals surface area contributed by atoms with E-state index in [0.29, 0.717) is 4.31 Å². The second-order valence-electron chi connectivity index (χ2n) is 6.24. The van der Waals surface area contributed by atoms with Gasteiger partial charge in [0, 0.05) is 12.1 Å². The van der Waals surface area contributed by atoms with Gasteiger partial charge in [0.25, 0.3) is 15.9 Å². The first kappa shape index (κ1) is 16.0. The molecule has 0 bridgehead atoms. The standard InChI is InChI=1S/C16H20N2O4S/c1-11-6-5-7-12(2)18(11)15(19)10-17-16(20)13-8-3-4-9-14(13)23(17,21)22/h3-4,8-9,11-12H,5-7,10H2,1-2H3/t11-,12-/m0/s1. The molecule has 2 heterocycles. The number of carbonyl (C=O) groups is 2. The maximum Gasteiger partial charge on any atom is 0.269 e. The Balaban J connectivity index is 1.86. The van der Waals surface area contributed by atoms with Crippen LogP contribution in [0.5, 0.6) is 0 Å². The van der Waals surface area contributed by atoms with Crippen molar-refractivity contribution < 1.29 is 18.0 Å². The molecule has 0 N–H and O–H groups in total. The number of rotatable bonds is 2. The molecule has 2 amide bonds. The zero-order valence-corrected chi connectivity index (χ0v) is 14.0. The summed E-state index contributed by atoms with van der Waals surface area (Å²) in [5.74, 6) is -0.930. The van der Waals surface area contributed by atoms with E-state index < -0.39 is 22.5 Å². The lowest BCUT2D eigenvalue weighted by molar-refractivity contribution is -0.137. The number of nitrogens with zero attached hydrogens (tertiary/aromatic N) is 2. The van der Waals surface area contributed by atoms with Gasteiger partial charge in [0.05, 0.1) is 5.56 Å². The molecule has 2 atom stereocenters. The van der Waals surface area contributed by atoms with Crippen molar-refractivity contribution in [2.24, 2.45) is 0 Å². The number of amides is 2. The second kappa shape index (κ2) is 5.63. The number of piperidine rings is 1. The molecule has 0 saturated carbocycles. The third kappa shape index (κ3) is 2.52. The molecule has 1 aromatic carbocycles. The molecule has 0 radical (unpaired) electrons. The molecule has 0 unspecified atom stereocenters. The van der Waals surface area contributed by atoms with Crippen molar-refractivity contribution >= 4 is 21.8 Å². The Kier molecular flexibility index (Phi) is 3.91. The highest BCUT2D eigenvalue weighted by atomic mass is 32.2. The Morgan fingerprint density at radius 1 is 1.17 bits per heavy atom. The predicted octanol–water partition coefficient (Wildman–Crippen LogP) is 1.62. The van der Waals surface area contributed by atoms with E-state index in [-0.39, 0.29) is 28.4 Å². The molecule has 0 aromatic heterocycles. The molecule has 124 valence electrons. The van der Waals surface area contributed by atoms with E-state index in [9.17, 15) is 18.0 Å². The first-order chi connectivity index (χ1) is 10.8. The van der Waals surface area contributed by atoms with Gasteiger partial charge in [-0.3, -0.25) is 9.59 Å². The summed E-state index contributed by atoms with van der Waals surface area (Å²) in [5, 5.41) is 0. The summed E-state index contributed by atoms with van der Waals surface area (Å²) in [6.07, 6.45) is 2.85. The molecular formula is C16H20N2O4S. The number of fused-ring (bicyclic) bond motifs is 1. The summed E-state index contributed by atoms with van der Waals surface area (Å²) in [5.41, 5.74) is 0.139. The lowest BCUT2D eigenvalue weighted by Gasteiger charge is -2.39. The van der Waals surface area contributed by atoms with Crippen LogP contribution in [0.1, 0.15) is 43.5 Å². The highest BCUT2D eigenvalue weighted by Crippen LogP contribution is 2.30. The van der Waals surface area contributed by atoms with Gasteiger partial charge in [-0.1, -0.05) is 12.1 Å². The van der Waals surface area contributed by atoms with Gasteiger partial charge in [-0.15, -0.1) is 0 Å². The largest absolute Gasteiger partial charge is 0.336 e. The van der Waals surface area contributed by atoms with Crippen LogP contribution in [0.25, 0.3) is 0 Å². The number of carbonyl (C=O) groups excluding carboxylic acids is 2. The fourth-order valence-corrected chi connectivity index (χ4v) is 5.02. The predicted molar refractivity (Wildman–Crippen MR) is 84.3 cm³/mol. The van der Waals surface area contributed by atoms with Gasteiger partial charge in [0.2, 0.25) is 5.91 Å². The normalized spacial score (nSPS) is 26.3. The highest BCUT2D eigenvalue weighted by molar-refractivity contribution is 7.90. The van der Waals surface area contributed by atoms with Gasteiger partial charge in [-0.05, 0) is 45.2 Å². The van der Waals surface area contributed by atoms with E-state index in [1.165, 1.54) is 12.1 Å². The van der Waals surface area contributed by atoms with Crippen molar-refractivity contribution in [2.75, 3.05) is 6.54 Å². The highest BCUT2D eigenvalue weighted by Gasteiger charge is 2.43. The third-order valence-corrected chi connectivity index (χ3v) is 6.46. The van der Waals surface area contributed by atoms with E-state index in [4.69, 9.17) is 0 Å². The molecular weight excluding hydrogens is 316 g/mol. The van der Waals surface area contributed by atoms with Crippen molar-refractivity contribution in [2.45, 2.75) is 50.1 Å². The van der Waals surface area contributed by atoms with Gasteiger partial charge < -0.3 is 4.90 Å². The zero-order valence-electron chi connectivity index (χ0n) is 13.2. The van der Waals surface area contributed by atoms with Gasteiger partial charge >= 0.3 is 0 Å². The molecule has 6 nitrogen and oxygen atoms in total. The minimum absolute atomic E-state index is 0.0162. The first-order valence-electron chi connectivity index (χ1n) is 7.81. The lowest BCUT2D eigenvalue weighted by Crippen LogP contribution is -2.51. The summed E-state index contributed by atoms with van der Waals surface area (Å²) in [4.78, 5) is 26.7. The summed E-state index contributed by atoms with van der Waals surface area (Å²) >= 11 is 0. The van der Waals surface area contributed by atoms with Crippen LogP contribution < -0.4 is 0 Å². The van der Waals surface area contributed by atoms with Crippen molar-refractivity contribution in [1.82, 2.24) is 9.21 Å². The van der Waals surface area contributed by atoms with Crippen LogP contribution in [0.4, 0.5) is 0 Å². The monoisotopic (exact) mass is 336 g/mol. The quantitative estimate of drug-likeness (QED) is 0.822. The van der Waals surface area contributed by atoms with Crippen molar-refractivity contribution in [3.63, 3.8) is 0 Å². The van der Waals surface area contributed by atoms with E-state index in [1.54, 1.807) is 17.0 Å². The number of sulfonamides is 1. The van der Waals surface area contributed by atoms with E-state index in [0.717, 1.165) is 19.3 Å². The zero-order chi connectivity index (χ0) is 16.8. The first-order valence-corrected chi connectivity index (χ1v) is 9.25. The van der Waals surface area contributed by atoms with Gasteiger partial charge in [-0.25, -0.2) is 12.7 Å². The van der Waals surface area contributed by atoms with Crippen LogP contribution in [0.3, 0.4) is 0 Å². The van der Waals surface area contributed by atoms with E-state index in [2.05, 4.69) is 0 Å². The SMILES string of the molecule is C[C@H]1CCC[C@H](C)N1C(=O)CN1C(=O)c2ccccc2S1(=O)=O. The molecule has 2 aliphatic heterocycles. The molecule has 1 aromatic rings. The summed E-state index contributed by atoms with van der Waals surface area (Å²) < 4.78 is 25.7. The van der Waals surface area contributed by atoms with Gasteiger partial charge in [0.1, 0.15) is 11.4 Å². The molecule has 0 spiro atoms. The second-order valence-corrected chi connectivity index (χ2v) is 8.07. The molecule has 7 heteroatoms. The average Bonchev–Trinajstić information content (AvgIpc) is 2.69. The number of likely N-dealkylation sites (tertiary alicyclic amines) is 1. The average molecular weight is 336 g/mol. The smallest absolute Gasteiger partial charge is 0.269 e. The van der Waals surface area contributed by atoms with Crippen LogP contribution in [0, 0.1) is 0 Å². The maximum absolute atomic E-state index is 12.6. The van der Waals surface area contributed by atoms with Gasteiger partial charge in [0.15, 0.2) is 0 Å². The summed E-state index contributed by atoms with van der Waals surface area (Å²) in [6, 6.07) is 6.20. The molecule has 1 fully saturated rings. The molecule has 0 aliphatic carbocycles. The molecule has 2 aliphatic rings. The summed E-state index contributed by atoms with van der Waals surface area (Å²) in [7, 11) is -3.93. The number of hydrogen-bond donors (Lipinski definition) is 0. The Bertz CT molecular complexity index is 749. The maximum atomic E-state index is 12.6. The van der Waals surface area contributed by atoms with Crippen molar-refractivity contribution in [3.8, 4) is 0 Å². The lowest BCUT2D eigenvalue weighted by atomic mass is 9.97. The van der Waals surface area contributed by atoms with Crippen LogP contribution in [-0.4, -0.2) is 48.1 Å². The van der Waals surface area contributed by atoms with Crippen LogP contribution in [-0.2, 0) is 14.8 Å². The molecule has 1 saturated heterocycles. The van der Waals surface area contributed by atoms with Crippen LogP contribution >= 0.6 is 0 Å². The molecule has 3 rings (SSSR count). The Morgan fingerprint density at radius 2 is 1.78 bits per heavy atom. The fraction of sp³-hybridized carbons (Fsp3) is 0.500. The van der Waals surface area contributed by atoms with Crippen LogP contribution in [0.15, 0.2) is 29.2 Å². The third-order valence-electron chi connectivity index (χ3n) is 4.67. The van der Waals surface area contributed by atoms with Crippen molar-refractivity contribution in [3.05, 3.63) is 29.8 Å². The molecule has 23 heavy (non-hydrogen) atoms. The minimum Gasteiger partial charge on any atom is -0.336 e. The topological polar surface area (TPSA) is 74.8 Å². The minimum atomic E-state index is -3.93. The van der Waals surface area contributed by atoms with E-state index >= 15 is 0 Å². The Labute approximate surface area is 136 Å². The van der Waals surface area contributed by atoms with E-state index in [1.807, 2.05) is 13.8 Å². The van der Waals surface area contributed by atoms with Crippen molar-refractivity contribution in [1.29, 1.82) is 0 Å². The Morgan fingerprint density at radius 3 is 2.39 bits per heavy atom. The summed E-state index contributed by atoms with van der Waals surface area (Å²) in [6.45, 7) is 3.50. The fourth-order valence-electron chi connectivity index (χ4n) is 3.50. The number of hydrogen-bond acceptors (Lipinski definition) is 4. The van der Waals surface area contributed by atoms with Crippen LogP contribution in [0.2, 0.25) is 0 Å². The number of benzene rings is 1. The van der Waals surface area contributed by atoms with Gasteiger partial charge in [-0.2, -0.15) is 0 Å².